The van der Waals surface area contributed by atoms with Crippen LogP contribution >= 0.6 is 0 Å². The normalized spacial score (nSPS) is 10.8. The SMILES string of the molecule is Cc1ccccc1NC(=O)N(CC(=O)N(Cc1ccc(F)cc1)Cc1ccco1)CC(C)C. The molecule has 0 aliphatic rings. The number of carbonyl (C=O) groups is 2. The zero-order valence-electron chi connectivity index (χ0n) is 19.3. The Bertz CT molecular complexity index is 1050. The second-order valence-corrected chi connectivity index (χ2v) is 8.48. The van der Waals surface area contributed by atoms with Crippen LogP contribution in [-0.2, 0) is 17.9 Å². The van der Waals surface area contributed by atoms with Crippen LogP contribution in [0, 0.1) is 18.7 Å². The van der Waals surface area contributed by atoms with Gasteiger partial charge in [-0.2, -0.15) is 0 Å². The smallest absolute Gasteiger partial charge is 0.322 e. The van der Waals surface area contributed by atoms with E-state index in [1.165, 1.54) is 17.0 Å². The van der Waals surface area contributed by atoms with Gasteiger partial charge in [0.2, 0.25) is 5.91 Å². The Balaban J connectivity index is 1.77. The predicted octanol–water partition coefficient (Wildman–Crippen LogP) is 5.45. The van der Waals surface area contributed by atoms with Crippen molar-refractivity contribution in [2.45, 2.75) is 33.9 Å². The average Bonchev–Trinajstić information content (AvgIpc) is 3.28. The summed E-state index contributed by atoms with van der Waals surface area (Å²) in [5.74, 6) is 0.247. The van der Waals surface area contributed by atoms with Crippen molar-refractivity contribution in [3.05, 3.63) is 89.6 Å². The minimum absolute atomic E-state index is 0.0855. The standard InChI is InChI=1S/C26H30FN3O3/c1-19(2)15-30(26(32)28-24-9-5-4-7-20(24)3)18-25(31)29(17-23-8-6-14-33-23)16-21-10-12-22(27)13-11-21/h4-14,19H,15-18H2,1-3H3,(H,28,32). The van der Waals surface area contributed by atoms with Gasteiger partial charge in [0.15, 0.2) is 0 Å². The molecule has 0 saturated heterocycles. The van der Waals surface area contributed by atoms with E-state index in [-0.39, 0.29) is 43.3 Å². The van der Waals surface area contributed by atoms with Crippen LogP contribution in [0.25, 0.3) is 0 Å². The maximum Gasteiger partial charge on any atom is 0.322 e. The number of hydrogen-bond acceptors (Lipinski definition) is 3. The second kappa shape index (κ2) is 11.3. The molecule has 3 rings (SSSR count). The molecule has 6 nitrogen and oxygen atoms in total. The van der Waals surface area contributed by atoms with E-state index in [1.807, 2.05) is 45.0 Å². The lowest BCUT2D eigenvalue weighted by Crippen LogP contribution is -2.45. The molecule has 33 heavy (non-hydrogen) atoms. The fourth-order valence-electron chi connectivity index (χ4n) is 3.46. The molecule has 0 unspecified atom stereocenters. The molecule has 7 heteroatoms. The first kappa shape index (κ1) is 24.0. The van der Waals surface area contributed by atoms with E-state index in [0.717, 1.165) is 11.1 Å². The van der Waals surface area contributed by atoms with Gasteiger partial charge in [0, 0.05) is 18.8 Å². The van der Waals surface area contributed by atoms with Crippen LogP contribution in [0.1, 0.15) is 30.7 Å². The van der Waals surface area contributed by atoms with Crippen molar-refractivity contribution >= 4 is 17.6 Å². The molecule has 1 heterocycles. The van der Waals surface area contributed by atoms with Gasteiger partial charge in [-0.05, 0) is 54.3 Å². The Hall–Kier alpha value is -3.61. The Kier molecular flexibility index (Phi) is 8.24. The highest BCUT2D eigenvalue weighted by molar-refractivity contribution is 5.93. The summed E-state index contributed by atoms with van der Waals surface area (Å²) in [6, 6.07) is 16.8. The third-order valence-corrected chi connectivity index (χ3v) is 5.15. The summed E-state index contributed by atoms with van der Waals surface area (Å²) < 4.78 is 18.8. The molecule has 0 saturated carbocycles. The number of furan rings is 1. The van der Waals surface area contributed by atoms with Gasteiger partial charge in [0.05, 0.1) is 12.8 Å². The van der Waals surface area contributed by atoms with Crippen LogP contribution in [0.3, 0.4) is 0 Å². The molecule has 2 aromatic carbocycles. The summed E-state index contributed by atoms with van der Waals surface area (Å²) in [5.41, 5.74) is 2.44. The summed E-state index contributed by atoms with van der Waals surface area (Å²) in [6.07, 6.45) is 1.55. The highest BCUT2D eigenvalue weighted by atomic mass is 19.1. The van der Waals surface area contributed by atoms with Crippen molar-refractivity contribution in [2.75, 3.05) is 18.4 Å². The Morgan fingerprint density at radius 2 is 1.70 bits per heavy atom. The first-order valence-corrected chi connectivity index (χ1v) is 11.0. The zero-order valence-corrected chi connectivity index (χ0v) is 19.3. The van der Waals surface area contributed by atoms with E-state index in [0.29, 0.717) is 18.0 Å². The molecule has 0 radical (unpaired) electrons. The highest BCUT2D eigenvalue weighted by Gasteiger charge is 2.23. The lowest BCUT2D eigenvalue weighted by Gasteiger charge is -2.28. The number of para-hydroxylation sites is 1. The van der Waals surface area contributed by atoms with E-state index >= 15 is 0 Å². The largest absolute Gasteiger partial charge is 0.467 e. The van der Waals surface area contributed by atoms with Gasteiger partial charge in [-0.15, -0.1) is 0 Å². The molecule has 3 aromatic rings. The average molecular weight is 452 g/mol. The highest BCUT2D eigenvalue weighted by Crippen LogP contribution is 2.16. The summed E-state index contributed by atoms with van der Waals surface area (Å²) in [6.45, 7) is 6.77. The van der Waals surface area contributed by atoms with Crippen molar-refractivity contribution in [2.24, 2.45) is 5.92 Å². The monoisotopic (exact) mass is 451 g/mol. The number of aryl methyl sites for hydroxylation is 1. The number of rotatable bonds is 9. The molecular weight excluding hydrogens is 421 g/mol. The molecule has 0 aliphatic carbocycles. The zero-order chi connectivity index (χ0) is 23.8. The van der Waals surface area contributed by atoms with Gasteiger partial charge in [0.25, 0.3) is 0 Å². The van der Waals surface area contributed by atoms with Crippen molar-refractivity contribution < 1.29 is 18.4 Å². The van der Waals surface area contributed by atoms with Gasteiger partial charge in [0.1, 0.15) is 18.1 Å². The van der Waals surface area contributed by atoms with Gasteiger partial charge in [-0.3, -0.25) is 4.79 Å². The molecular formula is C26H30FN3O3. The minimum atomic E-state index is -0.335. The van der Waals surface area contributed by atoms with Gasteiger partial charge < -0.3 is 19.5 Å². The number of nitrogens with zero attached hydrogens (tertiary/aromatic N) is 2. The Morgan fingerprint density at radius 3 is 2.33 bits per heavy atom. The molecule has 174 valence electrons. The quantitative estimate of drug-likeness (QED) is 0.471. The summed E-state index contributed by atoms with van der Waals surface area (Å²) >= 11 is 0. The fraction of sp³-hybridized carbons (Fsp3) is 0.308. The topological polar surface area (TPSA) is 65.8 Å². The summed E-state index contributed by atoms with van der Waals surface area (Å²) in [4.78, 5) is 29.5. The van der Waals surface area contributed by atoms with E-state index in [1.54, 1.807) is 35.4 Å². The lowest BCUT2D eigenvalue weighted by atomic mass is 10.2. The van der Waals surface area contributed by atoms with Crippen molar-refractivity contribution in [3.8, 4) is 0 Å². The van der Waals surface area contributed by atoms with Crippen molar-refractivity contribution in [1.82, 2.24) is 9.80 Å². The molecule has 0 atom stereocenters. The third-order valence-electron chi connectivity index (χ3n) is 5.15. The minimum Gasteiger partial charge on any atom is -0.467 e. The summed E-state index contributed by atoms with van der Waals surface area (Å²) in [5, 5.41) is 2.92. The molecule has 1 N–H and O–H groups in total. The van der Waals surface area contributed by atoms with E-state index in [2.05, 4.69) is 5.32 Å². The number of urea groups is 1. The number of hydrogen-bond donors (Lipinski definition) is 1. The third kappa shape index (κ3) is 7.20. The van der Waals surface area contributed by atoms with Gasteiger partial charge >= 0.3 is 6.03 Å². The number of halogens is 1. The molecule has 0 fully saturated rings. The number of carbonyl (C=O) groups excluding carboxylic acids is 2. The molecule has 0 bridgehead atoms. The van der Waals surface area contributed by atoms with Crippen molar-refractivity contribution in [3.63, 3.8) is 0 Å². The van der Waals surface area contributed by atoms with Crippen LogP contribution < -0.4 is 5.32 Å². The maximum atomic E-state index is 13.3. The number of anilines is 1. The number of nitrogens with one attached hydrogen (secondary N) is 1. The molecule has 0 aliphatic heterocycles. The van der Waals surface area contributed by atoms with E-state index in [9.17, 15) is 14.0 Å². The molecule has 0 spiro atoms. The van der Waals surface area contributed by atoms with E-state index < -0.39 is 0 Å². The first-order chi connectivity index (χ1) is 15.8. The van der Waals surface area contributed by atoms with E-state index in [4.69, 9.17) is 4.42 Å². The van der Waals surface area contributed by atoms with Crippen LogP contribution in [0.4, 0.5) is 14.9 Å². The fourth-order valence-corrected chi connectivity index (χ4v) is 3.46. The van der Waals surface area contributed by atoms with Crippen LogP contribution in [0.15, 0.2) is 71.3 Å². The lowest BCUT2D eigenvalue weighted by molar-refractivity contribution is -0.133. The Labute approximate surface area is 194 Å². The first-order valence-electron chi connectivity index (χ1n) is 11.0. The van der Waals surface area contributed by atoms with Crippen LogP contribution in [0.2, 0.25) is 0 Å². The van der Waals surface area contributed by atoms with Gasteiger partial charge in [-0.1, -0.05) is 44.2 Å². The van der Waals surface area contributed by atoms with Crippen molar-refractivity contribution in [1.29, 1.82) is 0 Å². The van der Waals surface area contributed by atoms with Crippen LogP contribution in [-0.4, -0.2) is 34.8 Å². The van der Waals surface area contributed by atoms with Crippen LogP contribution in [0.5, 0.6) is 0 Å². The number of amides is 3. The molecule has 1 aromatic heterocycles. The second-order valence-electron chi connectivity index (χ2n) is 8.48. The van der Waals surface area contributed by atoms with Gasteiger partial charge in [-0.25, -0.2) is 9.18 Å². The molecule has 3 amide bonds. The summed E-state index contributed by atoms with van der Waals surface area (Å²) in [7, 11) is 0. The maximum absolute atomic E-state index is 13.3. The number of benzene rings is 2. The Morgan fingerprint density at radius 1 is 0.970 bits per heavy atom. The predicted molar refractivity (Wildman–Crippen MR) is 126 cm³/mol.